The maximum absolute atomic E-state index is 10.9. The predicted octanol–water partition coefficient (Wildman–Crippen LogP) is 0.727. The molecule has 0 aromatic rings. The van der Waals surface area contributed by atoms with Gasteiger partial charge in [-0.25, -0.2) is 4.79 Å². The van der Waals surface area contributed by atoms with Gasteiger partial charge in [0.15, 0.2) is 5.60 Å². The molecule has 0 saturated heterocycles. The van der Waals surface area contributed by atoms with Crippen molar-refractivity contribution in [2.75, 3.05) is 20.3 Å². The summed E-state index contributed by atoms with van der Waals surface area (Å²) in [5, 5.41) is 9.48. The zero-order valence-corrected chi connectivity index (χ0v) is 8.50. The molecule has 0 fully saturated rings. The topological polar surface area (TPSA) is 55.8 Å². The molecule has 0 aliphatic carbocycles. The second-order valence-electron chi connectivity index (χ2n) is 3.17. The largest absolute Gasteiger partial charge is 0.467 e. The Bertz CT molecular complexity index is 154. The number of ether oxygens (including phenoxy) is 2. The van der Waals surface area contributed by atoms with Gasteiger partial charge in [0, 0.05) is 6.61 Å². The van der Waals surface area contributed by atoms with Crippen LogP contribution in [0.5, 0.6) is 0 Å². The van der Waals surface area contributed by atoms with E-state index in [1.54, 1.807) is 0 Å². The summed E-state index contributed by atoms with van der Waals surface area (Å²) in [7, 11) is 1.24. The van der Waals surface area contributed by atoms with Crippen molar-refractivity contribution in [3.63, 3.8) is 0 Å². The van der Waals surface area contributed by atoms with Gasteiger partial charge < -0.3 is 14.6 Å². The van der Waals surface area contributed by atoms with E-state index >= 15 is 0 Å². The number of aliphatic hydroxyl groups is 1. The molecule has 0 aliphatic rings. The van der Waals surface area contributed by atoms with Crippen molar-refractivity contribution < 1.29 is 19.4 Å². The van der Waals surface area contributed by atoms with Crippen LogP contribution in [0, 0.1) is 0 Å². The third-order valence-electron chi connectivity index (χ3n) is 1.65. The molecule has 0 spiro atoms. The van der Waals surface area contributed by atoms with Crippen molar-refractivity contribution in [3.8, 4) is 0 Å². The molecule has 0 radical (unpaired) electrons. The molecule has 0 rings (SSSR count). The summed E-state index contributed by atoms with van der Waals surface area (Å²) >= 11 is 0. The molecule has 0 aliphatic heterocycles. The van der Waals surface area contributed by atoms with Crippen LogP contribution >= 0.6 is 0 Å². The fourth-order valence-corrected chi connectivity index (χ4v) is 0.796. The molecule has 1 N–H and O–H groups in total. The van der Waals surface area contributed by atoms with Crippen molar-refractivity contribution in [1.82, 2.24) is 0 Å². The van der Waals surface area contributed by atoms with Gasteiger partial charge >= 0.3 is 5.97 Å². The van der Waals surface area contributed by atoms with Gasteiger partial charge in [-0.15, -0.1) is 0 Å². The molecule has 0 amide bonds. The summed E-state index contributed by atoms with van der Waals surface area (Å²) < 4.78 is 9.51. The Morgan fingerprint density at radius 2 is 2.15 bits per heavy atom. The van der Waals surface area contributed by atoms with Crippen LogP contribution in [0.2, 0.25) is 0 Å². The van der Waals surface area contributed by atoms with Gasteiger partial charge in [0.1, 0.15) is 0 Å². The number of hydrogen-bond acceptors (Lipinski definition) is 4. The first-order valence-corrected chi connectivity index (χ1v) is 4.43. The van der Waals surface area contributed by atoms with Crippen molar-refractivity contribution in [2.45, 2.75) is 32.3 Å². The van der Waals surface area contributed by atoms with E-state index < -0.39 is 11.6 Å². The van der Waals surface area contributed by atoms with Crippen LogP contribution in [0.1, 0.15) is 26.7 Å². The van der Waals surface area contributed by atoms with Crippen LogP contribution in [-0.2, 0) is 14.3 Å². The second-order valence-corrected chi connectivity index (χ2v) is 3.17. The SMILES string of the molecule is CCCCOCC(C)(O)C(=O)OC. The summed E-state index contributed by atoms with van der Waals surface area (Å²) in [6.07, 6.45) is 1.96. The van der Waals surface area contributed by atoms with E-state index in [1.165, 1.54) is 14.0 Å². The number of hydrogen-bond donors (Lipinski definition) is 1. The minimum atomic E-state index is -1.53. The summed E-state index contributed by atoms with van der Waals surface area (Å²) in [4.78, 5) is 10.9. The Kier molecular flexibility index (Phi) is 5.66. The number of carbonyl (C=O) groups excluding carboxylic acids is 1. The smallest absolute Gasteiger partial charge is 0.339 e. The molecule has 0 saturated carbocycles. The van der Waals surface area contributed by atoms with Gasteiger partial charge in [-0.05, 0) is 13.3 Å². The first-order valence-electron chi connectivity index (χ1n) is 4.43. The third-order valence-corrected chi connectivity index (χ3v) is 1.65. The Balaban J connectivity index is 3.69. The zero-order chi connectivity index (χ0) is 10.3. The molecule has 0 aromatic carbocycles. The van der Waals surface area contributed by atoms with Crippen LogP contribution in [-0.4, -0.2) is 37.0 Å². The normalized spacial score (nSPS) is 15.1. The van der Waals surface area contributed by atoms with Crippen LogP contribution in [0.4, 0.5) is 0 Å². The van der Waals surface area contributed by atoms with E-state index in [0.717, 1.165) is 12.8 Å². The summed E-state index contributed by atoms with van der Waals surface area (Å²) in [5.41, 5.74) is -1.53. The van der Waals surface area contributed by atoms with Crippen LogP contribution < -0.4 is 0 Å². The molecule has 4 nitrogen and oxygen atoms in total. The molecule has 0 bridgehead atoms. The number of esters is 1. The highest BCUT2D eigenvalue weighted by molar-refractivity contribution is 5.78. The van der Waals surface area contributed by atoms with E-state index in [-0.39, 0.29) is 6.61 Å². The van der Waals surface area contributed by atoms with E-state index in [4.69, 9.17) is 4.74 Å². The van der Waals surface area contributed by atoms with Gasteiger partial charge in [0.2, 0.25) is 0 Å². The van der Waals surface area contributed by atoms with Gasteiger partial charge in [0.25, 0.3) is 0 Å². The van der Waals surface area contributed by atoms with Crippen molar-refractivity contribution >= 4 is 5.97 Å². The van der Waals surface area contributed by atoms with E-state index in [9.17, 15) is 9.90 Å². The first kappa shape index (κ1) is 12.4. The standard InChI is InChI=1S/C9H18O4/c1-4-5-6-13-7-9(2,11)8(10)12-3/h11H,4-7H2,1-3H3. The second kappa shape index (κ2) is 5.94. The number of methoxy groups -OCH3 is 1. The first-order chi connectivity index (χ1) is 6.04. The summed E-state index contributed by atoms with van der Waals surface area (Å²) in [5.74, 6) is -0.663. The van der Waals surface area contributed by atoms with Gasteiger partial charge in [0.05, 0.1) is 13.7 Å². The lowest BCUT2D eigenvalue weighted by Gasteiger charge is -2.19. The highest BCUT2D eigenvalue weighted by Gasteiger charge is 2.31. The number of unbranched alkanes of at least 4 members (excludes halogenated alkanes) is 1. The molecule has 1 atom stereocenters. The monoisotopic (exact) mass is 190 g/mol. The van der Waals surface area contributed by atoms with Crippen LogP contribution in [0.15, 0.2) is 0 Å². The summed E-state index contributed by atoms with van der Waals surface area (Å²) in [6, 6.07) is 0. The Labute approximate surface area is 78.8 Å². The van der Waals surface area contributed by atoms with Crippen molar-refractivity contribution in [2.24, 2.45) is 0 Å². The summed E-state index contributed by atoms with van der Waals surface area (Å²) in [6.45, 7) is 3.97. The fraction of sp³-hybridized carbons (Fsp3) is 0.889. The average Bonchev–Trinajstić information content (AvgIpc) is 2.11. The molecule has 1 unspecified atom stereocenters. The lowest BCUT2D eigenvalue weighted by molar-refractivity contribution is -0.166. The highest BCUT2D eigenvalue weighted by Crippen LogP contribution is 2.06. The maximum Gasteiger partial charge on any atom is 0.339 e. The lowest BCUT2D eigenvalue weighted by Crippen LogP contribution is -2.41. The molecule has 0 heterocycles. The van der Waals surface area contributed by atoms with Gasteiger partial charge in [-0.2, -0.15) is 0 Å². The van der Waals surface area contributed by atoms with Crippen molar-refractivity contribution in [1.29, 1.82) is 0 Å². The van der Waals surface area contributed by atoms with Crippen LogP contribution in [0.3, 0.4) is 0 Å². The average molecular weight is 190 g/mol. The zero-order valence-electron chi connectivity index (χ0n) is 8.50. The minimum absolute atomic E-state index is 0.0142. The molecule has 13 heavy (non-hydrogen) atoms. The Morgan fingerprint density at radius 1 is 1.54 bits per heavy atom. The third kappa shape index (κ3) is 4.85. The molecule has 0 aromatic heterocycles. The molecule has 78 valence electrons. The Hall–Kier alpha value is -0.610. The highest BCUT2D eigenvalue weighted by atomic mass is 16.6. The quantitative estimate of drug-likeness (QED) is 0.495. The van der Waals surface area contributed by atoms with Gasteiger partial charge in [-0.1, -0.05) is 13.3 Å². The van der Waals surface area contributed by atoms with Crippen LogP contribution in [0.25, 0.3) is 0 Å². The predicted molar refractivity (Wildman–Crippen MR) is 48.4 cm³/mol. The number of carbonyl (C=O) groups is 1. The Morgan fingerprint density at radius 3 is 2.62 bits per heavy atom. The van der Waals surface area contributed by atoms with E-state index in [2.05, 4.69) is 4.74 Å². The molecular formula is C9H18O4. The maximum atomic E-state index is 10.9. The fourth-order valence-electron chi connectivity index (χ4n) is 0.796. The van der Waals surface area contributed by atoms with E-state index in [1.807, 2.05) is 6.92 Å². The molecule has 4 heteroatoms. The molecular weight excluding hydrogens is 172 g/mol. The van der Waals surface area contributed by atoms with Crippen molar-refractivity contribution in [3.05, 3.63) is 0 Å². The minimum Gasteiger partial charge on any atom is -0.467 e. The number of rotatable bonds is 6. The van der Waals surface area contributed by atoms with Gasteiger partial charge in [-0.3, -0.25) is 0 Å². The van der Waals surface area contributed by atoms with E-state index in [0.29, 0.717) is 6.61 Å². The lowest BCUT2D eigenvalue weighted by atomic mass is 10.1.